The Morgan fingerprint density at radius 1 is 0.618 bits per heavy atom. The summed E-state index contributed by atoms with van der Waals surface area (Å²) in [6, 6.07) is 19.6. The lowest BCUT2D eigenvalue weighted by atomic mass is 9.86. The quantitative estimate of drug-likeness (QED) is 0.0334. The minimum absolute atomic E-state index is 0. The molecule has 0 bridgehead atoms. The van der Waals surface area contributed by atoms with Crippen molar-refractivity contribution in [2.45, 2.75) is 186 Å². The summed E-state index contributed by atoms with van der Waals surface area (Å²) < 4.78 is 11.2. The Balaban J connectivity index is 0.000000263. The molecule has 5 N–H and O–H groups in total. The SMILES string of the molecule is CC(C)=O.CCC(=O)CCCCC[C@H](NC(=O)C1=NOC2(CCN(C(C)C)CC2)C1)c1ncc(-c2cc3ccccc3nc2OC)[nH]1.CCC(=O)CCCCC[C@H](NC(=O)C1=NOC2(CCNCC2)C1)c1ncc(-c2cc3ccccc3nc2OC)[nH]1.S.S. The van der Waals surface area contributed by atoms with Crippen molar-refractivity contribution in [1.82, 2.24) is 50.8 Å². The molecule has 2 spiro atoms. The van der Waals surface area contributed by atoms with Crippen molar-refractivity contribution < 1.29 is 43.1 Å². The van der Waals surface area contributed by atoms with Crippen LogP contribution in [0.5, 0.6) is 11.8 Å². The Bertz CT molecular complexity index is 3380. The number of aromatic amines is 2. The molecule has 482 valence electrons. The van der Waals surface area contributed by atoms with E-state index in [1.807, 2.05) is 74.5 Å². The summed E-state index contributed by atoms with van der Waals surface area (Å²) in [6.07, 6.45) is 16.8. The van der Waals surface area contributed by atoms with E-state index in [0.29, 0.717) is 92.2 Å². The number of amides is 2. The third-order valence-electron chi connectivity index (χ3n) is 16.6. The fraction of sp³-hybridized carbons (Fsp3) is 0.530. The average Bonchev–Trinajstić information content (AvgIpc) is 4.13. The first-order valence-electron chi connectivity index (χ1n) is 31.1. The number of unbranched alkanes of at least 4 members (excludes halogenated alkanes) is 4. The normalized spacial score (nSPS) is 16.2. The lowest BCUT2D eigenvalue weighted by Crippen LogP contribution is -2.47. The summed E-state index contributed by atoms with van der Waals surface area (Å²) in [6.45, 7) is 14.9. The Kier molecular flexibility index (Phi) is 27.2. The number of aromatic nitrogens is 6. The first kappa shape index (κ1) is 70.9. The zero-order valence-corrected chi connectivity index (χ0v) is 55.0. The number of nitrogens with one attached hydrogen (secondary N) is 5. The summed E-state index contributed by atoms with van der Waals surface area (Å²) in [4.78, 5) is 99.4. The number of carbonyl (C=O) groups is 5. The van der Waals surface area contributed by atoms with E-state index in [4.69, 9.17) is 24.1 Å². The number of oxime groups is 2. The predicted octanol–water partition coefficient (Wildman–Crippen LogP) is 11.2. The topological polar surface area (TPSA) is 269 Å². The van der Waals surface area contributed by atoms with Crippen LogP contribution in [0.25, 0.3) is 44.3 Å². The molecular weight excluding hydrogens is 1170 g/mol. The molecule has 21 nitrogen and oxygen atoms in total. The predicted molar refractivity (Wildman–Crippen MR) is 357 cm³/mol. The molecule has 8 heterocycles. The number of carbonyl (C=O) groups excluding carboxylic acids is 5. The largest absolute Gasteiger partial charge is 0.480 e. The van der Waals surface area contributed by atoms with Gasteiger partial charge in [-0.2, -0.15) is 27.0 Å². The number of Topliss-reactive ketones (excluding diaryl/α,β-unsaturated/α-hetero) is 3. The monoisotopic (exact) mass is 1260 g/mol. The lowest BCUT2D eigenvalue weighted by molar-refractivity contribution is -0.119. The number of methoxy groups -OCH3 is 2. The van der Waals surface area contributed by atoms with Crippen molar-refractivity contribution in [2.24, 2.45) is 10.3 Å². The van der Waals surface area contributed by atoms with Gasteiger partial charge in [-0.25, -0.2) is 19.9 Å². The number of likely N-dealkylation sites (tertiary alicyclic amines) is 1. The van der Waals surface area contributed by atoms with Gasteiger partial charge in [-0.15, -0.1) is 0 Å². The zero-order valence-electron chi connectivity index (χ0n) is 53.0. The smallest absolute Gasteiger partial charge is 0.269 e. The number of ether oxygens (including phenoxy) is 2. The summed E-state index contributed by atoms with van der Waals surface area (Å²) in [7, 11) is 3.21. The second-order valence-electron chi connectivity index (χ2n) is 23.6. The molecule has 0 aliphatic carbocycles. The molecule has 23 heteroatoms. The Morgan fingerprint density at radius 2 is 1.03 bits per heavy atom. The number of pyridine rings is 2. The van der Waals surface area contributed by atoms with Gasteiger partial charge in [0.1, 0.15) is 51.6 Å². The van der Waals surface area contributed by atoms with E-state index in [-0.39, 0.29) is 73.8 Å². The van der Waals surface area contributed by atoms with Gasteiger partial charge in [-0.05, 0) is 90.7 Å². The first-order chi connectivity index (χ1) is 42.0. The molecule has 89 heavy (non-hydrogen) atoms. The first-order valence-corrected chi connectivity index (χ1v) is 31.1. The molecule has 10 rings (SSSR count). The molecule has 0 saturated carbocycles. The molecule has 4 aliphatic rings. The summed E-state index contributed by atoms with van der Waals surface area (Å²) in [5.41, 5.74) is 4.89. The van der Waals surface area contributed by atoms with Gasteiger partial charge in [0.15, 0.2) is 0 Å². The number of H-pyrrole nitrogens is 2. The van der Waals surface area contributed by atoms with E-state index < -0.39 is 5.60 Å². The molecule has 0 unspecified atom stereocenters. The minimum atomic E-state index is -0.392. The van der Waals surface area contributed by atoms with E-state index in [1.165, 1.54) is 13.8 Å². The fourth-order valence-corrected chi connectivity index (χ4v) is 11.4. The number of ketones is 3. The van der Waals surface area contributed by atoms with Gasteiger partial charge >= 0.3 is 0 Å². The molecule has 2 atom stereocenters. The molecule has 4 aliphatic heterocycles. The van der Waals surface area contributed by atoms with Crippen LogP contribution in [0.4, 0.5) is 0 Å². The second-order valence-corrected chi connectivity index (χ2v) is 23.6. The molecule has 2 amide bonds. The van der Waals surface area contributed by atoms with Crippen LogP contribution in [0, 0.1) is 0 Å². The number of piperidine rings is 2. The van der Waals surface area contributed by atoms with Crippen LogP contribution in [-0.4, -0.2) is 133 Å². The van der Waals surface area contributed by atoms with Crippen molar-refractivity contribution in [3.05, 3.63) is 84.7 Å². The molecule has 6 aromatic rings. The molecule has 4 aromatic heterocycles. The highest BCUT2D eigenvalue weighted by atomic mass is 32.1. The third-order valence-corrected chi connectivity index (χ3v) is 16.6. The van der Waals surface area contributed by atoms with Crippen molar-refractivity contribution >= 4 is 89.4 Å². The minimum Gasteiger partial charge on any atom is -0.480 e. The van der Waals surface area contributed by atoms with Crippen LogP contribution in [0.1, 0.15) is 181 Å². The molecule has 2 fully saturated rings. The molecule has 2 aromatic carbocycles. The maximum Gasteiger partial charge on any atom is 0.269 e. The van der Waals surface area contributed by atoms with E-state index in [1.54, 1.807) is 26.6 Å². The lowest BCUT2D eigenvalue weighted by Gasteiger charge is -2.39. The zero-order chi connectivity index (χ0) is 61.9. The second kappa shape index (κ2) is 34.1. The van der Waals surface area contributed by atoms with Crippen molar-refractivity contribution in [3.63, 3.8) is 0 Å². The molecular formula is C66H92N12O9S2. The third kappa shape index (κ3) is 19.4. The number of imidazole rings is 2. The fourth-order valence-electron chi connectivity index (χ4n) is 11.4. The number of hydrogen-bond donors (Lipinski definition) is 5. The maximum absolute atomic E-state index is 13.5. The maximum atomic E-state index is 13.5. The Morgan fingerprint density at radius 3 is 1.44 bits per heavy atom. The van der Waals surface area contributed by atoms with Crippen LogP contribution in [0.2, 0.25) is 0 Å². The van der Waals surface area contributed by atoms with Crippen LogP contribution < -0.4 is 25.4 Å². The van der Waals surface area contributed by atoms with Crippen LogP contribution in [0.3, 0.4) is 0 Å². The van der Waals surface area contributed by atoms with Crippen LogP contribution >= 0.6 is 27.0 Å². The van der Waals surface area contributed by atoms with Gasteiger partial charge < -0.3 is 54.8 Å². The van der Waals surface area contributed by atoms with Crippen LogP contribution in [-0.2, 0) is 33.6 Å². The van der Waals surface area contributed by atoms with Gasteiger partial charge in [0.2, 0.25) is 11.8 Å². The molecule has 2 saturated heterocycles. The highest BCUT2D eigenvalue weighted by molar-refractivity contribution is 7.59. The highest BCUT2D eigenvalue weighted by Crippen LogP contribution is 2.38. The summed E-state index contributed by atoms with van der Waals surface area (Å²) >= 11 is 0. The number of hydrogen-bond acceptors (Lipinski definition) is 17. The van der Waals surface area contributed by atoms with E-state index >= 15 is 0 Å². The van der Waals surface area contributed by atoms with Crippen molar-refractivity contribution in [1.29, 1.82) is 0 Å². The van der Waals surface area contributed by atoms with Gasteiger partial charge in [0.25, 0.3) is 11.8 Å². The van der Waals surface area contributed by atoms with Gasteiger partial charge in [0, 0.05) is 94.1 Å². The summed E-state index contributed by atoms with van der Waals surface area (Å²) in [5, 5.41) is 20.1. The van der Waals surface area contributed by atoms with E-state index in [2.05, 4.69) is 69.9 Å². The number of rotatable bonds is 25. The molecule has 0 radical (unpaired) electrons. The van der Waals surface area contributed by atoms with E-state index in [0.717, 1.165) is 135 Å². The summed E-state index contributed by atoms with van der Waals surface area (Å²) in [5.74, 6) is 2.58. The van der Waals surface area contributed by atoms with Gasteiger partial charge in [-0.3, -0.25) is 19.2 Å². The standard InChI is InChI=1S/C33H44N6O4.C30H38N6O4.C3H6O.2H2S/c1-5-24(40)12-7-6-8-14-27(36-31(41)28-20-33(43-38-28)15-17-39(18-16-33)22(2)3)30-34-21-29(35-30)25-19-23-11-9-10-13-26(23)37-32(25)42-4;1-3-21(37)10-5-4-6-12-24(34-28(38)25-18-30(40-36-25)13-15-31-16-14-30)27-32-19-26(33-27)22-17-20-9-7-8-11-23(20)35-29(22)39-2;1-3(2)4;;/h9-11,13,19,21-22,27H,5-8,12,14-18,20H2,1-4H3,(H,34,35)(H,36,41);7-9,11,17,19,24,31H,3-6,10,12-16,18H2,1-2H3,(H,32,33)(H,34,38);1-2H3;2*1H2/t27-;24-;;;/m00.../s1. The van der Waals surface area contributed by atoms with Gasteiger partial charge in [0.05, 0.1) is 72.2 Å². The van der Waals surface area contributed by atoms with E-state index in [9.17, 15) is 24.0 Å². The Labute approximate surface area is 536 Å². The number of fused-ring (bicyclic) bond motifs is 2. The number of benzene rings is 2. The Hall–Kier alpha value is -7.21. The number of nitrogens with zero attached hydrogens (tertiary/aromatic N) is 7. The van der Waals surface area contributed by atoms with Crippen LogP contribution in [0.15, 0.2) is 83.4 Å². The highest BCUT2D eigenvalue weighted by Gasteiger charge is 2.45. The number of para-hydroxylation sites is 2. The average molecular weight is 1260 g/mol. The van der Waals surface area contributed by atoms with Crippen molar-refractivity contribution in [3.8, 4) is 34.3 Å². The van der Waals surface area contributed by atoms with Gasteiger partial charge in [-0.1, -0.05) is 86.2 Å². The van der Waals surface area contributed by atoms with Crippen molar-refractivity contribution in [2.75, 3.05) is 40.4 Å².